The Bertz CT molecular complexity index is 3810. The van der Waals surface area contributed by atoms with E-state index in [1.807, 2.05) is 0 Å². The van der Waals surface area contributed by atoms with Gasteiger partial charge in [-0.25, -0.2) is 0 Å². The molecule has 1 aliphatic rings. The Morgan fingerprint density at radius 1 is 0.403 bits per heavy atom. The van der Waals surface area contributed by atoms with Crippen LogP contribution in [0.25, 0.3) is 93.6 Å². The van der Waals surface area contributed by atoms with Crippen LogP contribution in [0.1, 0.15) is 43.6 Å². The summed E-state index contributed by atoms with van der Waals surface area (Å²) < 4.78 is 8.88. The number of fused-ring (bicyclic) bond motifs is 7. The van der Waals surface area contributed by atoms with E-state index in [1.165, 1.54) is 86.9 Å². The first kappa shape index (κ1) is 39.2. The van der Waals surface area contributed by atoms with Crippen LogP contribution in [-0.4, -0.2) is 4.57 Å². The molecule has 67 heavy (non-hydrogen) atoms. The number of hydrogen-bond acceptors (Lipinski definition) is 2. The molecular weight excluding hydrogens is 813 g/mol. The Balaban J connectivity index is 1.04. The summed E-state index contributed by atoms with van der Waals surface area (Å²) in [5, 5.41) is 7.40. The van der Waals surface area contributed by atoms with Gasteiger partial charge in [0.25, 0.3) is 0 Å². The Morgan fingerprint density at radius 3 is 1.81 bits per heavy atom. The summed E-state index contributed by atoms with van der Waals surface area (Å²) in [4.78, 5) is 2.51. The Kier molecular flexibility index (Phi) is 9.60. The van der Waals surface area contributed by atoms with Gasteiger partial charge in [0, 0.05) is 44.0 Å². The average Bonchev–Trinajstić information content (AvgIpc) is 3.95. The van der Waals surface area contributed by atoms with Crippen LogP contribution >= 0.6 is 0 Å². The van der Waals surface area contributed by atoms with Crippen molar-refractivity contribution < 1.29 is 4.42 Å². The highest BCUT2D eigenvalue weighted by Crippen LogP contribution is 2.50. The minimum absolute atomic E-state index is 0.559. The molecule has 0 atom stereocenters. The predicted molar refractivity (Wildman–Crippen MR) is 282 cm³/mol. The van der Waals surface area contributed by atoms with Gasteiger partial charge in [0.1, 0.15) is 11.2 Å². The van der Waals surface area contributed by atoms with Gasteiger partial charge < -0.3 is 13.9 Å². The fourth-order valence-corrected chi connectivity index (χ4v) is 11.4. The SMILES string of the molecule is c1ccc(-n2c3ccccc3c3cc(-c4cccc(N(c5ccccc5-c5cccc6cccc(C7CCCCC7)c56)c5ccccc5-c5cccc6oc7ccccc7c56)c4)ccc32)cc1. The third kappa shape index (κ3) is 6.64. The summed E-state index contributed by atoms with van der Waals surface area (Å²) in [5.74, 6) is 0.559. The molecule has 10 aromatic carbocycles. The smallest absolute Gasteiger partial charge is 0.136 e. The zero-order valence-corrected chi connectivity index (χ0v) is 37.3. The monoisotopic (exact) mass is 860 g/mol. The molecule has 1 fully saturated rings. The van der Waals surface area contributed by atoms with Crippen molar-refractivity contribution in [2.24, 2.45) is 0 Å². The van der Waals surface area contributed by atoms with E-state index in [1.54, 1.807) is 0 Å². The molecule has 0 amide bonds. The second-order valence-corrected chi connectivity index (χ2v) is 18.2. The van der Waals surface area contributed by atoms with E-state index in [0.717, 1.165) is 61.4 Å². The highest BCUT2D eigenvalue weighted by atomic mass is 16.3. The summed E-state index contributed by atoms with van der Waals surface area (Å²) in [6.07, 6.45) is 6.41. The lowest BCUT2D eigenvalue weighted by Gasteiger charge is -2.31. The zero-order chi connectivity index (χ0) is 44.3. The molecule has 0 N–H and O–H groups in total. The molecule has 12 aromatic rings. The lowest BCUT2D eigenvalue weighted by atomic mass is 9.80. The maximum absolute atomic E-state index is 6.50. The maximum atomic E-state index is 6.50. The van der Waals surface area contributed by atoms with Crippen LogP contribution in [0.4, 0.5) is 17.1 Å². The van der Waals surface area contributed by atoms with Gasteiger partial charge in [0.15, 0.2) is 0 Å². The molecule has 0 unspecified atom stereocenters. The van der Waals surface area contributed by atoms with Gasteiger partial charge in [0.05, 0.1) is 22.4 Å². The van der Waals surface area contributed by atoms with E-state index in [2.05, 4.69) is 234 Å². The Labute approximate surface area is 390 Å². The van der Waals surface area contributed by atoms with Gasteiger partial charge in [-0.05, 0) is 124 Å². The molecule has 0 aliphatic heterocycles. The first-order valence-corrected chi connectivity index (χ1v) is 23.9. The van der Waals surface area contributed by atoms with Gasteiger partial charge in [-0.2, -0.15) is 0 Å². The van der Waals surface area contributed by atoms with Gasteiger partial charge in [0.2, 0.25) is 0 Å². The van der Waals surface area contributed by atoms with Crippen molar-refractivity contribution in [3.63, 3.8) is 0 Å². The predicted octanol–water partition coefficient (Wildman–Crippen LogP) is 18.4. The van der Waals surface area contributed by atoms with Crippen LogP contribution in [-0.2, 0) is 0 Å². The molecule has 2 aromatic heterocycles. The standard InChI is InChI=1S/C64H48N2O/c1-3-19-43(20-4-1)49-31-16-21-44-22-17-32-53(63(44)49)50-27-7-11-34-57(50)66(58-35-12-8-28-51(58)54-33-18-38-62-64(54)55-30-10-14-37-61(55)67-62)48-26-15-23-45(41-48)46-39-40-60-56(42-46)52-29-9-13-36-59(52)65(60)47-24-5-2-6-25-47/h2,5-18,21-43H,1,3-4,19-20H2. The van der Waals surface area contributed by atoms with Gasteiger partial charge >= 0.3 is 0 Å². The Morgan fingerprint density at radius 2 is 1.00 bits per heavy atom. The van der Waals surface area contributed by atoms with E-state index >= 15 is 0 Å². The molecule has 0 saturated heterocycles. The molecule has 2 heterocycles. The highest BCUT2D eigenvalue weighted by Gasteiger charge is 2.25. The van der Waals surface area contributed by atoms with Crippen molar-refractivity contribution in [2.75, 3.05) is 4.90 Å². The minimum atomic E-state index is 0.559. The van der Waals surface area contributed by atoms with Crippen molar-refractivity contribution >= 4 is 71.6 Å². The molecule has 1 saturated carbocycles. The van der Waals surface area contributed by atoms with Crippen molar-refractivity contribution in [2.45, 2.75) is 38.0 Å². The van der Waals surface area contributed by atoms with Gasteiger partial charge in [-0.15, -0.1) is 0 Å². The molecule has 0 radical (unpaired) electrons. The van der Waals surface area contributed by atoms with Crippen LogP contribution in [0.3, 0.4) is 0 Å². The second-order valence-electron chi connectivity index (χ2n) is 18.2. The third-order valence-electron chi connectivity index (χ3n) is 14.4. The van der Waals surface area contributed by atoms with Crippen molar-refractivity contribution in [1.82, 2.24) is 4.57 Å². The highest BCUT2D eigenvalue weighted by molar-refractivity contribution is 6.15. The lowest BCUT2D eigenvalue weighted by molar-refractivity contribution is 0.445. The normalized spacial score (nSPS) is 13.3. The van der Waals surface area contributed by atoms with Crippen LogP contribution < -0.4 is 4.90 Å². The number of para-hydroxylation sites is 5. The maximum Gasteiger partial charge on any atom is 0.136 e. The molecule has 0 bridgehead atoms. The summed E-state index contributed by atoms with van der Waals surface area (Å²) in [6, 6.07) is 82.4. The second kappa shape index (κ2) is 16.4. The fourth-order valence-electron chi connectivity index (χ4n) is 11.4. The van der Waals surface area contributed by atoms with Crippen molar-refractivity contribution in [1.29, 1.82) is 0 Å². The molecule has 320 valence electrons. The van der Waals surface area contributed by atoms with E-state index in [-0.39, 0.29) is 0 Å². The van der Waals surface area contributed by atoms with E-state index in [4.69, 9.17) is 4.42 Å². The summed E-state index contributed by atoms with van der Waals surface area (Å²) in [6.45, 7) is 0. The first-order valence-electron chi connectivity index (χ1n) is 23.9. The quantitative estimate of drug-likeness (QED) is 0.152. The molecule has 3 nitrogen and oxygen atoms in total. The number of nitrogens with zero attached hydrogens (tertiary/aromatic N) is 2. The number of aromatic nitrogens is 1. The number of hydrogen-bond donors (Lipinski definition) is 0. The van der Waals surface area contributed by atoms with Crippen LogP contribution in [0.5, 0.6) is 0 Å². The molecule has 3 heteroatoms. The molecule has 1 aliphatic carbocycles. The molecular formula is C64H48N2O. The molecule has 0 spiro atoms. The van der Waals surface area contributed by atoms with Crippen LogP contribution in [0, 0.1) is 0 Å². The number of anilines is 3. The Hall–Kier alpha value is -8.14. The third-order valence-corrected chi connectivity index (χ3v) is 14.4. The number of rotatable bonds is 8. The summed E-state index contributed by atoms with van der Waals surface area (Å²) in [5.41, 5.74) is 17.2. The largest absolute Gasteiger partial charge is 0.456 e. The number of furan rings is 1. The van der Waals surface area contributed by atoms with Gasteiger partial charge in [-0.1, -0.05) is 177 Å². The first-order chi connectivity index (χ1) is 33.3. The summed E-state index contributed by atoms with van der Waals surface area (Å²) in [7, 11) is 0. The van der Waals surface area contributed by atoms with E-state index in [9.17, 15) is 0 Å². The lowest BCUT2D eigenvalue weighted by Crippen LogP contribution is -2.13. The number of benzene rings is 10. The van der Waals surface area contributed by atoms with Crippen molar-refractivity contribution in [3.8, 4) is 39.1 Å². The molecule has 13 rings (SSSR count). The van der Waals surface area contributed by atoms with Crippen LogP contribution in [0.2, 0.25) is 0 Å². The minimum Gasteiger partial charge on any atom is -0.456 e. The average molecular weight is 861 g/mol. The van der Waals surface area contributed by atoms with E-state index < -0.39 is 0 Å². The van der Waals surface area contributed by atoms with Crippen molar-refractivity contribution in [3.05, 3.63) is 230 Å². The van der Waals surface area contributed by atoms with E-state index in [0.29, 0.717) is 5.92 Å². The van der Waals surface area contributed by atoms with Gasteiger partial charge in [-0.3, -0.25) is 0 Å². The summed E-state index contributed by atoms with van der Waals surface area (Å²) >= 11 is 0. The topological polar surface area (TPSA) is 21.3 Å². The van der Waals surface area contributed by atoms with Crippen LogP contribution in [0.15, 0.2) is 229 Å². The fraction of sp³-hybridized carbons (Fsp3) is 0.0938. The zero-order valence-electron chi connectivity index (χ0n) is 37.3.